The molecular formula is C12H15FO3S. The van der Waals surface area contributed by atoms with Crippen molar-refractivity contribution in [1.29, 1.82) is 0 Å². The number of carbonyl (C=O) groups is 1. The van der Waals surface area contributed by atoms with Crippen LogP contribution in [0.1, 0.15) is 22.8 Å². The first-order valence-corrected chi connectivity index (χ1v) is 6.22. The van der Waals surface area contributed by atoms with Crippen molar-refractivity contribution in [3.8, 4) is 0 Å². The molecule has 1 aromatic rings. The van der Waals surface area contributed by atoms with E-state index in [0.717, 1.165) is 0 Å². The Bertz CT molecular complexity index is 395. The van der Waals surface area contributed by atoms with E-state index in [9.17, 15) is 9.18 Å². The minimum atomic E-state index is -0.480. The van der Waals surface area contributed by atoms with Gasteiger partial charge in [-0.25, -0.2) is 9.18 Å². The second kappa shape index (κ2) is 6.61. The zero-order valence-electron chi connectivity index (χ0n) is 9.77. The van der Waals surface area contributed by atoms with Crippen molar-refractivity contribution >= 4 is 17.7 Å². The van der Waals surface area contributed by atoms with E-state index in [0.29, 0.717) is 16.9 Å². The zero-order chi connectivity index (χ0) is 12.8. The molecule has 94 valence electrons. The number of thioether (sulfide) groups is 1. The van der Waals surface area contributed by atoms with Gasteiger partial charge >= 0.3 is 5.97 Å². The molecule has 1 atom stereocenters. The minimum Gasteiger partial charge on any atom is -0.465 e. The highest BCUT2D eigenvalue weighted by molar-refractivity contribution is 7.99. The van der Waals surface area contributed by atoms with Crippen LogP contribution in [0.25, 0.3) is 0 Å². The second-order valence-electron chi connectivity index (χ2n) is 3.60. The Morgan fingerprint density at radius 2 is 2.29 bits per heavy atom. The third kappa shape index (κ3) is 4.02. The average Bonchev–Trinajstić information content (AvgIpc) is 2.36. The SMILES string of the molecule is COC(=O)c1ccc(F)c(CS[C@@H](C)CO)c1. The van der Waals surface area contributed by atoms with E-state index in [1.807, 2.05) is 6.92 Å². The van der Waals surface area contributed by atoms with Gasteiger partial charge in [0.05, 0.1) is 19.3 Å². The highest BCUT2D eigenvalue weighted by Crippen LogP contribution is 2.21. The van der Waals surface area contributed by atoms with Crippen molar-refractivity contribution in [2.45, 2.75) is 17.9 Å². The van der Waals surface area contributed by atoms with Crippen molar-refractivity contribution in [3.63, 3.8) is 0 Å². The third-order valence-corrected chi connectivity index (χ3v) is 3.44. The van der Waals surface area contributed by atoms with Crippen LogP contribution in [0.2, 0.25) is 0 Å². The van der Waals surface area contributed by atoms with Crippen LogP contribution in [0.5, 0.6) is 0 Å². The summed E-state index contributed by atoms with van der Waals surface area (Å²) in [5, 5.41) is 8.91. The summed E-state index contributed by atoms with van der Waals surface area (Å²) in [6.45, 7) is 1.90. The maximum atomic E-state index is 13.5. The standard InChI is InChI=1S/C12H15FO3S/c1-8(6-14)17-7-10-5-9(12(15)16-2)3-4-11(10)13/h3-5,8,14H,6-7H2,1-2H3/t8-/m0/s1. The van der Waals surface area contributed by atoms with Gasteiger partial charge in [0.15, 0.2) is 0 Å². The maximum Gasteiger partial charge on any atom is 0.337 e. The molecule has 0 bridgehead atoms. The number of halogens is 1. The third-order valence-electron chi connectivity index (χ3n) is 2.25. The fourth-order valence-corrected chi connectivity index (χ4v) is 2.01. The first-order chi connectivity index (χ1) is 8.08. The molecule has 17 heavy (non-hydrogen) atoms. The number of methoxy groups -OCH3 is 1. The smallest absolute Gasteiger partial charge is 0.337 e. The fraction of sp³-hybridized carbons (Fsp3) is 0.417. The molecule has 0 saturated carbocycles. The second-order valence-corrected chi connectivity index (χ2v) is 5.03. The van der Waals surface area contributed by atoms with Crippen LogP contribution in [-0.4, -0.2) is 30.0 Å². The fourth-order valence-electron chi connectivity index (χ4n) is 1.21. The molecule has 0 radical (unpaired) electrons. The summed E-state index contributed by atoms with van der Waals surface area (Å²) in [5.41, 5.74) is 0.777. The topological polar surface area (TPSA) is 46.5 Å². The van der Waals surface area contributed by atoms with E-state index in [-0.39, 0.29) is 17.7 Å². The van der Waals surface area contributed by atoms with Crippen LogP contribution in [-0.2, 0) is 10.5 Å². The van der Waals surface area contributed by atoms with Crippen LogP contribution in [0.15, 0.2) is 18.2 Å². The van der Waals surface area contributed by atoms with Crippen molar-refractivity contribution in [2.24, 2.45) is 0 Å². The molecule has 3 nitrogen and oxygen atoms in total. The van der Waals surface area contributed by atoms with E-state index in [2.05, 4.69) is 4.74 Å². The summed E-state index contributed by atoms with van der Waals surface area (Å²) < 4.78 is 18.0. The maximum absolute atomic E-state index is 13.5. The Labute approximate surface area is 104 Å². The van der Waals surface area contributed by atoms with Crippen molar-refractivity contribution < 1.29 is 19.0 Å². The Morgan fingerprint density at radius 1 is 1.59 bits per heavy atom. The molecule has 0 aliphatic heterocycles. The predicted molar refractivity (Wildman–Crippen MR) is 65.6 cm³/mol. The first kappa shape index (κ1) is 14.0. The Balaban J connectivity index is 2.80. The monoisotopic (exact) mass is 258 g/mol. The van der Waals surface area contributed by atoms with Gasteiger partial charge in [0, 0.05) is 11.0 Å². The molecule has 0 fully saturated rings. The molecule has 0 aliphatic rings. The van der Waals surface area contributed by atoms with Gasteiger partial charge in [-0.3, -0.25) is 0 Å². The van der Waals surface area contributed by atoms with Crippen LogP contribution in [0.3, 0.4) is 0 Å². The van der Waals surface area contributed by atoms with Gasteiger partial charge in [0.25, 0.3) is 0 Å². The molecule has 1 aromatic carbocycles. The number of hydrogen-bond acceptors (Lipinski definition) is 4. The van der Waals surface area contributed by atoms with Crippen LogP contribution in [0, 0.1) is 5.82 Å². The minimum absolute atomic E-state index is 0.0381. The van der Waals surface area contributed by atoms with Gasteiger partial charge < -0.3 is 9.84 Å². The lowest BCUT2D eigenvalue weighted by molar-refractivity contribution is 0.0600. The number of aliphatic hydroxyl groups excluding tert-OH is 1. The van der Waals surface area contributed by atoms with Crippen molar-refractivity contribution in [3.05, 3.63) is 35.1 Å². The molecule has 0 heterocycles. The largest absolute Gasteiger partial charge is 0.465 e. The molecular weight excluding hydrogens is 243 g/mol. The Hall–Kier alpha value is -1.07. The van der Waals surface area contributed by atoms with Crippen molar-refractivity contribution in [1.82, 2.24) is 0 Å². The molecule has 1 rings (SSSR count). The highest BCUT2D eigenvalue weighted by Gasteiger charge is 2.11. The van der Waals surface area contributed by atoms with Crippen LogP contribution in [0.4, 0.5) is 4.39 Å². The van der Waals surface area contributed by atoms with Gasteiger partial charge in [0.2, 0.25) is 0 Å². The number of aliphatic hydroxyl groups is 1. The molecule has 0 spiro atoms. The van der Waals surface area contributed by atoms with Crippen LogP contribution >= 0.6 is 11.8 Å². The average molecular weight is 258 g/mol. The Morgan fingerprint density at radius 3 is 2.88 bits per heavy atom. The number of benzene rings is 1. The van der Waals surface area contributed by atoms with E-state index in [1.165, 1.54) is 37.1 Å². The number of carbonyl (C=O) groups excluding carboxylic acids is 1. The zero-order valence-corrected chi connectivity index (χ0v) is 10.6. The summed E-state index contributed by atoms with van der Waals surface area (Å²) in [6, 6.07) is 4.13. The number of rotatable bonds is 5. The van der Waals surface area contributed by atoms with E-state index < -0.39 is 5.97 Å². The number of esters is 1. The highest BCUT2D eigenvalue weighted by atomic mass is 32.2. The summed E-state index contributed by atoms with van der Waals surface area (Å²) in [4.78, 5) is 11.3. The van der Waals surface area contributed by atoms with Gasteiger partial charge in [0.1, 0.15) is 5.82 Å². The normalized spacial score (nSPS) is 12.2. The van der Waals surface area contributed by atoms with E-state index >= 15 is 0 Å². The van der Waals surface area contributed by atoms with E-state index in [1.54, 1.807) is 0 Å². The summed E-state index contributed by atoms with van der Waals surface area (Å²) >= 11 is 1.43. The molecule has 0 unspecified atom stereocenters. The van der Waals surface area contributed by atoms with Crippen molar-refractivity contribution in [2.75, 3.05) is 13.7 Å². The summed E-state index contributed by atoms with van der Waals surface area (Å²) in [6.07, 6.45) is 0. The molecule has 0 aromatic heterocycles. The molecule has 1 N–H and O–H groups in total. The molecule has 0 amide bonds. The van der Waals surface area contributed by atoms with Gasteiger partial charge in [-0.15, -0.1) is 0 Å². The summed E-state index contributed by atoms with van der Waals surface area (Å²) in [5.74, 6) is -0.417. The number of hydrogen-bond donors (Lipinski definition) is 1. The van der Waals surface area contributed by atoms with E-state index in [4.69, 9.17) is 5.11 Å². The quantitative estimate of drug-likeness (QED) is 0.823. The van der Waals surface area contributed by atoms with Crippen LogP contribution < -0.4 is 0 Å². The lowest BCUT2D eigenvalue weighted by atomic mass is 10.1. The lowest BCUT2D eigenvalue weighted by Crippen LogP contribution is -2.05. The lowest BCUT2D eigenvalue weighted by Gasteiger charge is -2.09. The van der Waals surface area contributed by atoms with Gasteiger partial charge in [-0.2, -0.15) is 11.8 Å². The van der Waals surface area contributed by atoms with Gasteiger partial charge in [-0.1, -0.05) is 6.92 Å². The molecule has 5 heteroatoms. The molecule has 0 aliphatic carbocycles. The van der Waals surface area contributed by atoms with Gasteiger partial charge in [-0.05, 0) is 23.8 Å². The molecule has 0 saturated heterocycles. The summed E-state index contributed by atoms with van der Waals surface area (Å²) in [7, 11) is 1.29. The first-order valence-electron chi connectivity index (χ1n) is 5.17. The predicted octanol–water partition coefficient (Wildman–Crippen LogP) is 2.23. The Kier molecular flexibility index (Phi) is 5.44. The number of ether oxygens (including phenoxy) is 1.